The van der Waals surface area contributed by atoms with Gasteiger partial charge in [0.05, 0.1) is 10.2 Å². The van der Waals surface area contributed by atoms with Gasteiger partial charge in [-0.15, -0.1) is 11.3 Å². The maximum atomic E-state index is 12.7. The lowest BCUT2D eigenvalue weighted by Crippen LogP contribution is -2.46. The van der Waals surface area contributed by atoms with Crippen molar-refractivity contribution in [1.82, 2.24) is 14.9 Å². The van der Waals surface area contributed by atoms with Gasteiger partial charge in [-0.25, -0.2) is 9.97 Å². The molecule has 0 aliphatic carbocycles. The van der Waals surface area contributed by atoms with E-state index in [2.05, 4.69) is 26.3 Å². The number of nitrogens with zero attached hydrogens (tertiary/aromatic N) is 4. The summed E-state index contributed by atoms with van der Waals surface area (Å²) in [5.41, 5.74) is 1.07. The fourth-order valence-electron chi connectivity index (χ4n) is 4.91. The molecule has 0 saturated carbocycles. The van der Waals surface area contributed by atoms with Crippen molar-refractivity contribution < 1.29 is 9.90 Å². The van der Waals surface area contributed by atoms with E-state index in [9.17, 15) is 9.90 Å². The SMILES string of the molecule is CC(C)C[C@H](O)C(=O)N1CCC[C@]2(CCCN2c2ncnc3ccsc23)CC1. The molecule has 2 fully saturated rings. The highest BCUT2D eigenvalue weighted by Crippen LogP contribution is 2.43. The number of thiophene rings is 1. The Kier molecular flexibility index (Phi) is 5.56. The van der Waals surface area contributed by atoms with Gasteiger partial charge in [0, 0.05) is 25.2 Å². The molecule has 1 N–H and O–H groups in total. The molecule has 4 rings (SSSR count). The summed E-state index contributed by atoms with van der Waals surface area (Å²) in [5, 5.41) is 12.4. The second-order valence-electron chi connectivity index (χ2n) is 8.64. The molecule has 2 aromatic heterocycles. The number of anilines is 1. The molecule has 152 valence electrons. The number of aliphatic hydroxyl groups excluding tert-OH is 1. The van der Waals surface area contributed by atoms with Crippen LogP contribution < -0.4 is 4.90 Å². The van der Waals surface area contributed by atoms with Crippen molar-refractivity contribution in [3.63, 3.8) is 0 Å². The molecular weight excluding hydrogens is 372 g/mol. The first-order valence-electron chi connectivity index (χ1n) is 10.4. The molecule has 2 atom stereocenters. The molecule has 0 aromatic carbocycles. The van der Waals surface area contributed by atoms with Crippen molar-refractivity contribution in [2.75, 3.05) is 24.5 Å². The van der Waals surface area contributed by atoms with Crippen LogP contribution in [0.15, 0.2) is 17.8 Å². The number of fused-ring (bicyclic) bond motifs is 1. The summed E-state index contributed by atoms with van der Waals surface area (Å²) in [4.78, 5) is 26.2. The lowest BCUT2D eigenvalue weighted by molar-refractivity contribution is -0.140. The molecular formula is C21H30N4O2S. The number of amides is 1. The zero-order valence-electron chi connectivity index (χ0n) is 16.8. The number of likely N-dealkylation sites (tertiary alicyclic amines) is 1. The molecule has 7 heteroatoms. The van der Waals surface area contributed by atoms with Crippen molar-refractivity contribution in [3.8, 4) is 0 Å². The maximum absolute atomic E-state index is 12.7. The van der Waals surface area contributed by atoms with Crippen LogP contribution in [0.3, 0.4) is 0 Å². The summed E-state index contributed by atoms with van der Waals surface area (Å²) in [6.07, 6.45) is 6.59. The van der Waals surface area contributed by atoms with Crippen LogP contribution in [0.1, 0.15) is 52.4 Å². The fraction of sp³-hybridized carbons (Fsp3) is 0.667. The monoisotopic (exact) mass is 402 g/mol. The van der Waals surface area contributed by atoms with Crippen molar-refractivity contribution >= 4 is 33.3 Å². The van der Waals surface area contributed by atoms with Gasteiger partial charge in [0.15, 0.2) is 0 Å². The van der Waals surface area contributed by atoms with Gasteiger partial charge in [0.25, 0.3) is 5.91 Å². The number of rotatable bonds is 4. The van der Waals surface area contributed by atoms with E-state index in [-0.39, 0.29) is 11.4 Å². The Balaban J connectivity index is 1.53. The van der Waals surface area contributed by atoms with Crippen LogP contribution in [0.25, 0.3) is 10.2 Å². The number of carbonyl (C=O) groups excluding carboxylic acids is 1. The van der Waals surface area contributed by atoms with Gasteiger partial charge < -0.3 is 14.9 Å². The van der Waals surface area contributed by atoms with Gasteiger partial charge in [0.2, 0.25) is 0 Å². The number of aliphatic hydroxyl groups is 1. The first kappa shape index (κ1) is 19.6. The third-order valence-corrected chi connectivity index (χ3v) is 7.18. The minimum Gasteiger partial charge on any atom is -0.383 e. The second-order valence-corrected chi connectivity index (χ2v) is 9.55. The smallest absolute Gasteiger partial charge is 0.251 e. The second kappa shape index (κ2) is 7.95. The summed E-state index contributed by atoms with van der Waals surface area (Å²) in [7, 11) is 0. The Bertz CT molecular complexity index is 839. The Morgan fingerprint density at radius 1 is 1.21 bits per heavy atom. The van der Waals surface area contributed by atoms with E-state index in [0.717, 1.165) is 61.2 Å². The van der Waals surface area contributed by atoms with Gasteiger partial charge in [-0.05, 0) is 55.9 Å². The largest absolute Gasteiger partial charge is 0.383 e. The van der Waals surface area contributed by atoms with Crippen LogP contribution in [-0.2, 0) is 4.79 Å². The summed E-state index contributed by atoms with van der Waals surface area (Å²) < 4.78 is 1.16. The Hall–Kier alpha value is -1.73. The van der Waals surface area contributed by atoms with E-state index in [1.807, 2.05) is 18.7 Å². The van der Waals surface area contributed by atoms with Crippen LogP contribution in [0, 0.1) is 5.92 Å². The van der Waals surface area contributed by atoms with Gasteiger partial charge in [-0.2, -0.15) is 0 Å². The summed E-state index contributed by atoms with van der Waals surface area (Å²) >= 11 is 1.70. The quantitative estimate of drug-likeness (QED) is 0.848. The van der Waals surface area contributed by atoms with E-state index in [1.54, 1.807) is 17.7 Å². The molecule has 2 aliphatic rings. The van der Waals surface area contributed by atoms with E-state index in [4.69, 9.17) is 0 Å². The van der Waals surface area contributed by atoms with Crippen LogP contribution in [-0.4, -0.2) is 57.2 Å². The minimum absolute atomic E-state index is 0.0588. The summed E-state index contributed by atoms with van der Waals surface area (Å²) in [5.74, 6) is 1.27. The third kappa shape index (κ3) is 3.62. The third-order valence-electron chi connectivity index (χ3n) is 6.29. The molecule has 6 nitrogen and oxygen atoms in total. The molecule has 28 heavy (non-hydrogen) atoms. The number of carbonyl (C=O) groups is 1. The average molecular weight is 403 g/mol. The molecule has 2 aromatic rings. The van der Waals surface area contributed by atoms with Crippen molar-refractivity contribution in [2.45, 2.75) is 64.0 Å². The zero-order valence-corrected chi connectivity index (χ0v) is 17.6. The molecule has 4 heterocycles. The van der Waals surface area contributed by atoms with Crippen LogP contribution in [0.2, 0.25) is 0 Å². The first-order chi connectivity index (χ1) is 13.5. The molecule has 1 amide bonds. The molecule has 0 radical (unpaired) electrons. The number of aromatic nitrogens is 2. The lowest BCUT2D eigenvalue weighted by atomic mass is 9.87. The minimum atomic E-state index is -0.874. The maximum Gasteiger partial charge on any atom is 0.251 e. The predicted octanol–water partition coefficient (Wildman–Crippen LogP) is 3.45. The van der Waals surface area contributed by atoms with Crippen LogP contribution >= 0.6 is 11.3 Å². The van der Waals surface area contributed by atoms with Crippen molar-refractivity contribution in [3.05, 3.63) is 17.8 Å². The van der Waals surface area contributed by atoms with Crippen molar-refractivity contribution in [1.29, 1.82) is 0 Å². The van der Waals surface area contributed by atoms with Crippen LogP contribution in [0.4, 0.5) is 5.82 Å². The molecule has 2 aliphatic heterocycles. The lowest BCUT2D eigenvalue weighted by Gasteiger charge is -2.39. The Labute approximate surface area is 170 Å². The molecule has 2 saturated heterocycles. The Morgan fingerprint density at radius 2 is 2.00 bits per heavy atom. The van der Waals surface area contributed by atoms with Gasteiger partial charge >= 0.3 is 0 Å². The van der Waals surface area contributed by atoms with Crippen molar-refractivity contribution in [2.24, 2.45) is 5.92 Å². The standard InChI is InChI=1S/C21H30N4O2S/c1-15(2)13-17(26)20(27)24-9-3-6-21(8-11-24)7-4-10-25(21)19-18-16(5-12-28-18)22-14-23-19/h5,12,14-15,17,26H,3-4,6-11,13H2,1-2H3/t17-,21-/m0/s1. The highest BCUT2D eigenvalue weighted by atomic mass is 32.1. The van der Waals surface area contributed by atoms with Crippen LogP contribution in [0.5, 0.6) is 0 Å². The Morgan fingerprint density at radius 3 is 2.79 bits per heavy atom. The highest BCUT2D eigenvalue weighted by Gasteiger charge is 2.43. The van der Waals surface area contributed by atoms with E-state index in [0.29, 0.717) is 18.9 Å². The topological polar surface area (TPSA) is 69.6 Å². The normalized spacial score (nSPS) is 24.3. The number of hydrogen-bond acceptors (Lipinski definition) is 6. The summed E-state index contributed by atoms with van der Waals surface area (Å²) in [6, 6.07) is 2.05. The van der Waals surface area contributed by atoms with E-state index < -0.39 is 6.10 Å². The molecule has 1 spiro atoms. The van der Waals surface area contributed by atoms with E-state index >= 15 is 0 Å². The fourth-order valence-corrected chi connectivity index (χ4v) is 5.76. The van der Waals surface area contributed by atoms with Gasteiger partial charge in [-0.1, -0.05) is 13.8 Å². The average Bonchev–Trinajstić information content (AvgIpc) is 3.24. The highest BCUT2D eigenvalue weighted by molar-refractivity contribution is 7.17. The molecule has 0 unspecified atom stereocenters. The summed E-state index contributed by atoms with van der Waals surface area (Å²) in [6.45, 7) is 6.54. The molecule has 0 bridgehead atoms. The van der Waals surface area contributed by atoms with Gasteiger partial charge in [0.1, 0.15) is 18.2 Å². The van der Waals surface area contributed by atoms with Gasteiger partial charge in [-0.3, -0.25) is 4.79 Å². The zero-order chi connectivity index (χ0) is 19.7. The number of hydrogen-bond donors (Lipinski definition) is 1. The predicted molar refractivity (Wildman–Crippen MR) is 113 cm³/mol. The first-order valence-corrected chi connectivity index (χ1v) is 11.3. The van der Waals surface area contributed by atoms with E-state index in [1.165, 1.54) is 0 Å².